The van der Waals surface area contributed by atoms with E-state index in [0.717, 1.165) is 37.7 Å². The third kappa shape index (κ3) is 7.08. The molecule has 0 radical (unpaired) electrons. The second-order valence-corrected chi connectivity index (χ2v) is 8.02. The Bertz CT molecular complexity index is 630. The smallest absolute Gasteiger partial charge is 0.193 e. The predicted octanol–water partition coefficient (Wildman–Crippen LogP) is 1.26. The summed E-state index contributed by atoms with van der Waals surface area (Å²) in [4.78, 5) is 11.9. The Morgan fingerprint density at radius 2 is 2.00 bits per heavy atom. The molecule has 0 saturated carbocycles. The number of guanidine groups is 1. The van der Waals surface area contributed by atoms with Gasteiger partial charge in [0.15, 0.2) is 5.96 Å². The lowest BCUT2D eigenvalue weighted by atomic mass is 10.1. The van der Waals surface area contributed by atoms with Crippen molar-refractivity contribution < 1.29 is 4.74 Å². The molecule has 9 heteroatoms. The summed E-state index contributed by atoms with van der Waals surface area (Å²) < 4.78 is 7.78. The molecule has 1 N–H and O–H groups in total. The molecule has 2 aliphatic rings. The van der Waals surface area contributed by atoms with E-state index in [1.54, 1.807) is 0 Å². The van der Waals surface area contributed by atoms with Crippen molar-refractivity contribution in [2.75, 3.05) is 72.6 Å². The zero-order valence-electron chi connectivity index (χ0n) is 18.4. The van der Waals surface area contributed by atoms with Gasteiger partial charge in [-0.25, -0.2) is 0 Å². The van der Waals surface area contributed by atoms with Gasteiger partial charge in [0, 0.05) is 71.7 Å². The lowest BCUT2D eigenvalue weighted by Gasteiger charge is -2.36. The van der Waals surface area contributed by atoms with Crippen LogP contribution in [-0.4, -0.2) is 103 Å². The van der Waals surface area contributed by atoms with Crippen LogP contribution in [0.2, 0.25) is 0 Å². The van der Waals surface area contributed by atoms with Crippen LogP contribution in [0.1, 0.15) is 25.5 Å². The maximum absolute atomic E-state index is 5.96. The van der Waals surface area contributed by atoms with E-state index >= 15 is 0 Å². The Hall–Kier alpha value is -0.910. The van der Waals surface area contributed by atoms with Crippen LogP contribution in [0.15, 0.2) is 17.4 Å². The molecule has 8 nitrogen and oxygen atoms in total. The molecular weight excluding hydrogens is 481 g/mol. The second kappa shape index (κ2) is 12.1. The Morgan fingerprint density at radius 1 is 1.28 bits per heavy atom. The fraction of sp³-hybridized carbons (Fsp3) is 0.800. The zero-order valence-corrected chi connectivity index (χ0v) is 20.7. The van der Waals surface area contributed by atoms with Crippen LogP contribution in [0.4, 0.5) is 0 Å². The number of hydrogen-bond acceptors (Lipinski definition) is 5. The minimum absolute atomic E-state index is 0. The largest absolute Gasteiger partial charge is 0.370 e. The number of aromatic nitrogens is 2. The van der Waals surface area contributed by atoms with Gasteiger partial charge in [-0.05, 0) is 12.5 Å². The third-order valence-electron chi connectivity index (χ3n) is 5.77. The topological polar surface area (TPSA) is 61.2 Å². The molecule has 0 amide bonds. The summed E-state index contributed by atoms with van der Waals surface area (Å²) in [5.74, 6) is 1.56. The first-order valence-electron chi connectivity index (χ1n) is 10.6. The van der Waals surface area contributed by atoms with Gasteiger partial charge in [-0.15, -0.1) is 24.0 Å². The van der Waals surface area contributed by atoms with Crippen molar-refractivity contribution in [1.29, 1.82) is 0 Å². The van der Waals surface area contributed by atoms with E-state index in [1.165, 1.54) is 32.7 Å². The van der Waals surface area contributed by atoms with Crippen LogP contribution in [0.3, 0.4) is 0 Å². The number of nitrogens with zero attached hydrogens (tertiary/aromatic N) is 6. The summed E-state index contributed by atoms with van der Waals surface area (Å²) >= 11 is 0. The number of piperazine rings is 1. The highest BCUT2D eigenvalue weighted by Crippen LogP contribution is 2.21. The second-order valence-electron chi connectivity index (χ2n) is 8.02. The van der Waals surface area contributed by atoms with Crippen LogP contribution < -0.4 is 5.32 Å². The Kier molecular flexibility index (Phi) is 10.1. The molecule has 166 valence electrons. The zero-order chi connectivity index (χ0) is 19.9. The lowest BCUT2D eigenvalue weighted by molar-refractivity contribution is -0.00809. The van der Waals surface area contributed by atoms with E-state index in [2.05, 4.69) is 44.0 Å². The van der Waals surface area contributed by atoms with Gasteiger partial charge in [0.2, 0.25) is 0 Å². The first-order valence-corrected chi connectivity index (χ1v) is 10.6. The quantitative estimate of drug-likeness (QED) is 0.347. The summed E-state index contributed by atoms with van der Waals surface area (Å²) in [6.07, 6.45) is 3.98. The molecule has 1 aromatic rings. The van der Waals surface area contributed by atoms with Gasteiger partial charge in [0.1, 0.15) is 6.10 Å². The van der Waals surface area contributed by atoms with Crippen molar-refractivity contribution in [3.8, 4) is 0 Å². The van der Waals surface area contributed by atoms with Crippen LogP contribution >= 0.6 is 24.0 Å². The van der Waals surface area contributed by atoms with Crippen LogP contribution in [-0.2, 0) is 11.8 Å². The molecular formula is C20H38IN7O. The van der Waals surface area contributed by atoms with Gasteiger partial charge in [-0.1, -0.05) is 13.8 Å². The Labute approximate surface area is 192 Å². The van der Waals surface area contributed by atoms with E-state index in [9.17, 15) is 0 Å². The number of hydrogen-bond donors (Lipinski definition) is 1. The molecule has 2 atom stereocenters. The number of nitrogens with one attached hydrogen (secondary N) is 1. The minimum Gasteiger partial charge on any atom is -0.370 e. The molecule has 2 fully saturated rings. The number of ether oxygens (including phenoxy) is 1. The number of halogens is 1. The standard InChI is InChI=1S/C20H37N7O.HI/c1-5-25-6-8-26(9-7-25)14-17(2)12-22-20(21-3)27-10-11-28-19(16-27)18-13-23-24(4)15-18;/h13,15,17,19H,5-12,14,16H2,1-4H3,(H,21,22);1H. The maximum atomic E-state index is 5.96. The van der Waals surface area contributed by atoms with Crippen molar-refractivity contribution in [3.05, 3.63) is 18.0 Å². The van der Waals surface area contributed by atoms with Gasteiger partial charge < -0.3 is 24.8 Å². The fourth-order valence-electron chi connectivity index (χ4n) is 4.04. The van der Waals surface area contributed by atoms with Crippen molar-refractivity contribution in [2.45, 2.75) is 20.0 Å². The SMILES string of the molecule is CCN1CCN(CC(C)CNC(=NC)N2CCOC(c3cnn(C)c3)C2)CC1.I. The maximum Gasteiger partial charge on any atom is 0.193 e. The van der Waals surface area contributed by atoms with Crippen molar-refractivity contribution in [1.82, 2.24) is 29.8 Å². The molecule has 29 heavy (non-hydrogen) atoms. The molecule has 0 aromatic carbocycles. The average Bonchev–Trinajstić information content (AvgIpc) is 3.16. The summed E-state index contributed by atoms with van der Waals surface area (Å²) in [6.45, 7) is 15.0. The predicted molar refractivity (Wildman–Crippen MR) is 128 cm³/mol. The van der Waals surface area contributed by atoms with E-state index in [1.807, 2.05) is 31.2 Å². The van der Waals surface area contributed by atoms with Gasteiger partial charge in [-0.2, -0.15) is 5.10 Å². The fourth-order valence-corrected chi connectivity index (χ4v) is 4.04. The highest BCUT2D eigenvalue weighted by atomic mass is 127. The van der Waals surface area contributed by atoms with E-state index in [0.29, 0.717) is 12.5 Å². The summed E-state index contributed by atoms with van der Waals surface area (Å²) in [5.41, 5.74) is 1.13. The third-order valence-corrected chi connectivity index (χ3v) is 5.77. The highest BCUT2D eigenvalue weighted by molar-refractivity contribution is 14.0. The van der Waals surface area contributed by atoms with Gasteiger partial charge in [0.05, 0.1) is 19.3 Å². The molecule has 2 aliphatic heterocycles. The number of likely N-dealkylation sites (N-methyl/N-ethyl adjacent to an activating group) is 1. The highest BCUT2D eigenvalue weighted by Gasteiger charge is 2.25. The van der Waals surface area contributed by atoms with Gasteiger partial charge in [-0.3, -0.25) is 9.67 Å². The summed E-state index contributed by atoms with van der Waals surface area (Å²) in [7, 11) is 3.81. The van der Waals surface area contributed by atoms with E-state index < -0.39 is 0 Å². The number of morpholine rings is 1. The van der Waals surface area contributed by atoms with Crippen LogP contribution in [0, 0.1) is 5.92 Å². The first-order chi connectivity index (χ1) is 13.6. The summed E-state index contributed by atoms with van der Waals surface area (Å²) in [6, 6.07) is 0. The molecule has 0 spiro atoms. The van der Waals surface area contributed by atoms with Gasteiger partial charge in [0.25, 0.3) is 0 Å². The lowest BCUT2D eigenvalue weighted by Crippen LogP contribution is -2.50. The molecule has 0 aliphatic carbocycles. The summed E-state index contributed by atoms with van der Waals surface area (Å²) in [5, 5.41) is 7.86. The molecule has 1 aromatic heterocycles. The number of aryl methyl sites for hydroxylation is 1. The average molecular weight is 519 g/mol. The Balaban J connectivity index is 0.00000300. The molecule has 0 bridgehead atoms. The molecule has 3 heterocycles. The molecule has 2 saturated heterocycles. The number of rotatable bonds is 6. The monoisotopic (exact) mass is 519 g/mol. The minimum atomic E-state index is 0. The normalized spacial score (nSPS) is 23.0. The molecule has 3 rings (SSSR count). The van der Waals surface area contributed by atoms with Crippen molar-refractivity contribution in [3.63, 3.8) is 0 Å². The van der Waals surface area contributed by atoms with E-state index in [4.69, 9.17) is 4.74 Å². The molecule has 2 unspecified atom stereocenters. The van der Waals surface area contributed by atoms with E-state index in [-0.39, 0.29) is 30.1 Å². The van der Waals surface area contributed by atoms with Gasteiger partial charge >= 0.3 is 0 Å². The van der Waals surface area contributed by atoms with Crippen molar-refractivity contribution >= 4 is 29.9 Å². The van der Waals surface area contributed by atoms with Crippen LogP contribution in [0.25, 0.3) is 0 Å². The number of aliphatic imine (C=N–C) groups is 1. The van der Waals surface area contributed by atoms with Crippen LogP contribution in [0.5, 0.6) is 0 Å². The Morgan fingerprint density at radius 3 is 2.62 bits per heavy atom. The van der Waals surface area contributed by atoms with Crippen molar-refractivity contribution in [2.24, 2.45) is 18.0 Å². The first kappa shape index (κ1) is 24.4.